The number of carbonyl (C=O) groups excluding carboxylic acids is 1. The van der Waals surface area contributed by atoms with Crippen molar-refractivity contribution >= 4 is 17.3 Å². The average Bonchev–Trinajstić information content (AvgIpc) is 3.34. The summed E-state index contributed by atoms with van der Waals surface area (Å²) in [6, 6.07) is 17.3. The summed E-state index contributed by atoms with van der Waals surface area (Å²) in [5.74, 6) is 1.25. The third kappa shape index (κ3) is 4.88. The fourth-order valence-corrected chi connectivity index (χ4v) is 3.66. The number of methoxy groups -OCH3 is 2. The van der Waals surface area contributed by atoms with Crippen molar-refractivity contribution in [1.29, 1.82) is 0 Å². The zero-order chi connectivity index (χ0) is 21.6. The largest absolute Gasteiger partial charge is 0.493 e. The summed E-state index contributed by atoms with van der Waals surface area (Å²) >= 11 is 0. The fourth-order valence-electron chi connectivity index (χ4n) is 3.66. The summed E-state index contributed by atoms with van der Waals surface area (Å²) in [5, 5.41) is 9.87. The summed E-state index contributed by atoms with van der Waals surface area (Å²) in [6.07, 6.45) is 3.67. The molecular formula is C24H26N4O3. The standard InChI is InChI=1S/C24H26N4O3/c1-30-22-11-10-18(15-23(22)31-2)20-9-5-13-28(27-20)16-17-6-3-7-19(14-17)26-24(29)21-8-4-12-25-21/h3-4,6-8,10-12,14-15,25H,5,9,13,16H2,1-2H3,(H,26,29). The Morgan fingerprint density at radius 1 is 1.10 bits per heavy atom. The third-order valence-electron chi connectivity index (χ3n) is 5.20. The molecule has 2 heterocycles. The fraction of sp³-hybridized carbons (Fsp3) is 0.250. The van der Waals surface area contributed by atoms with Crippen LogP contribution in [0, 0.1) is 0 Å². The van der Waals surface area contributed by atoms with Crippen LogP contribution in [0.2, 0.25) is 0 Å². The maximum atomic E-state index is 12.3. The minimum Gasteiger partial charge on any atom is -0.493 e. The molecule has 1 aromatic heterocycles. The van der Waals surface area contributed by atoms with Crippen LogP contribution in [0.25, 0.3) is 0 Å². The molecule has 0 bridgehead atoms. The van der Waals surface area contributed by atoms with Crippen LogP contribution < -0.4 is 14.8 Å². The molecule has 2 aromatic carbocycles. The van der Waals surface area contributed by atoms with E-state index < -0.39 is 0 Å². The lowest BCUT2D eigenvalue weighted by molar-refractivity contribution is 0.102. The van der Waals surface area contributed by atoms with Gasteiger partial charge in [0.15, 0.2) is 11.5 Å². The number of ether oxygens (including phenoxy) is 2. The first-order valence-electron chi connectivity index (χ1n) is 10.2. The second-order valence-corrected chi connectivity index (χ2v) is 7.35. The van der Waals surface area contributed by atoms with E-state index in [4.69, 9.17) is 14.6 Å². The molecule has 7 nitrogen and oxygen atoms in total. The SMILES string of the molecule is COc1ccc(C2=NN(Cc3cccc(NC(=O)c4ccc[nH]4)c3)CCC2)cc1OC. The maximum Gasteiger partial charge on any atom is 0.272 e. The van der Waals surface area contributed by atoms with E-state index in [1.807, 2.05) is 42.5 Å². The van der Waals surface area contributed by atoms with Gasteiger partial charge in [-0.05, 0) is 60.9 Å². The summed E-state index contributed by atoms with van der Waals surface area (Å²) < 4.78 is 10.8. The Balaban J connectivity index is 1.47. The molecule has 7 heteroatoms. The molecule has 31 heavy (non-hydrogen) atoms. The Morgan fingerprint density at radius 2 is 1.97 bits per heavy atom. The molecule has 0 radical (unpaired) electrons. The van der Waals surface area contributed by atoms with E-state index in [1.165, 1.54) is 0 Å². The molecule has 0 spiro atoms. The Kier molecular flexibility index (Phi) is 6.21. The topological polar surface area (TPSA) is 79.0 Å². The Bertz CT molecular complexity index is 1080. The van der Waals surface area contributed by atoms with Crippen LogP contribution in [0.5, 0.6) is 11.5 Å². The van der Waals surface area contributed by atoms with Crippen LogP contribution in [-0.2, 0) is 6.54 Å². The van der Waals surface area contributed by atoms with E-state index in [2.05, 4.69) is 15.3 Å². The van der Waals surface area contributed by atoms with Gasteiger partial charge in [0.25, 0.3) is 5.91 Å². The van der Waals surface area contributed by atoms with Crippen LogP contribution in [0.15, 0.2) is 65.9 Å². The van der Waals surface area contributed by atoms with Gasteiger partial charge in [-0.2, -0.15) is 5.10 Å². The number of benzene rings is 2. The second kappa shape index (κ2) is 9.38. The second-order valence-electron chi connectivity index (χ2n) is 7.35. The molecule has 0 fully saturated rings. The molecule has 3 aromatic rings. The van der Waals surface area contributed by atoms with Gasteiger partial charge >= 0.3 is 0 Å². The highest BCUT2D eigenvalue weighted by atomic mass is 16.5. The van der Waals surface area contributed by atoms with Crippen molar-refractivity contribution < 1.29 is 14.3 Å². The molecule has 2 N–H and O–H groups in total. The molecule has 0 saturated heterocycles. The molecule has 0 saturated carbocycles. The number of aromatic nitrogens is 1. The number of hydrogen-bond donors (Lipinski definition) is 2. The van der Waals surface area contributed by atoms with Gasteiger partial charge in [0.1, 0.15) is 5.69 Å². The predicted octanol–water partition coefficient (Wildman–Crippen LogP) is 4.28. The number of hydrazone groups is 1. The Labute approximate surface area is 181 Å². The number of rotatable bonds is 7. The number of amides is 1. The van der Waals surface area contributed by atoms with E-state index >= 15 is 0 Å². The first-order chi connectivity index (χ1) is 15.2. The van der Waals surface area contributed by atoms with Crippen LogP contribution in [0.3, 0.4) is 0 Å². The Morgan fingerprint density at radius 3 is 2.74 bits per heavy atom. The first-order valence-corrected chi connectivity index (χ1v) is 10.2. The number of anilines is 1. The minimum absolute atomic E-state index is 0.158. The van der Waals surface area contributed by atoms with Crippen molar-refractivity contribution in [3.8, 4) is 11.5 Å². The molecule has 0 aliphatic carbocycles. The molecule has 0 unspecified atom stereocenters. The van der Waals surface area contributed by atoms with Crippen molar-refractivity contribution in [3.63, 3.8) is 0 Å². The third-order valence-corrected chi connectivity index (χ3v) is 5.20. The van der Waals surface area contributed by atoms with Crippen LogP contribution in [-0.4, -0.2) is 42.4 Å². The highest BCUT2D eigenvalue weighted by Crippen LogP contribution is 2.29. The van der Waals surface area contributed by atoms with Gasteiger partial charge < -0.3 is 19.8 Å². The van der Waals surface area contributed by atoms with Crippen LogP contribution >= 0.6 is 0 Å². The van der Waals surface area contributed by atoms with Crippen molar-refractivity contribution in [2.24, 2.45) is 5.10 Å². The van der Waals surface area contributed by atoms with E-state index in [1.54, 1.807) is 32.5 Å². The molecule has 1 amide bonds. The van der Waals surface area contributed by atoms with E-state index in [0.717, 1.165) is 41.9 Å². The minimum atomic E-state index is -0.158. The van der Waals surface area contributed by atoms with Gasteiger partial charge in [-0.15, -0.1) is 0 Å². The van der Waals surface area contributed by atoms with Gasteiger partial charge in [-0.1, -0.05) is 12.1 Å². The summed E-state index contributed by atoms with van der Waals surface area (Å²) in [6.45, 7) is 1.55. The van der Waals surface area contributed by atoms with Crippen molar-refractivity contribution in [1.82, 2.24) is 9.99 Å². The zero-order valence-corrected chi connectivity index (χ0v) is 17.7. The molecule has 0 atom stereocenters. The quantitative estimate of drug-likeness (QED) is 0.600. The van der Waals surface area contributed by atoms with Crippen molar-refractivity contribution in [3.05, 3.63) is 77.6 Å². The smallest absolute Gasteiger partial charge is 0.272 e. The molecule has 1 aliphatic heterocycles. The normalized spacial score (nSPS) is 13.5. The number of H-pyrrole nitrogens is 1. The van der Waals surface area contributed by atoms with E-state index in [9.17, 15) is 4.79 Å². The number of nitrogens with one attached hydrogen (secondary N) is 2. The summed E-state index contributed by atoms with van der Waals surface area (Å²) in [7, 11) is 3.27. The number of aromatic amines is 1. The summed E-state index contributed by atoms with van der Waals surface area (Å²) in [4.78, 5) is 15.2. The monoisotopic (exact) mass is 418 g/mol. The lowest BCUT2D eigenvalue weighted by Crippen LogP contribution is -2.26. The molecular weight excluding hydrogens is 392 g/mol. The van der Waals surface area contributed by atoms with Crippen molar-refractivity contribution in [2.45, 2.75) is 19.4 Å². The molecule has 1 aliphatic rings. The highest BCUT2D eigenvalue weighted by Gasteiger charge is 2.16. The highest BCUT2D eigenvalue weighted by molar-refractivity contribution is 6.03. The van der Waals surface area contributed by atoms with Gasteiger partial charge in [0.2, 0.25) is 0 Å². The van der Waals surface area contributed by atoms with E-state index in [-0.39, 0.29) is 5.91 Å². The van der Waals surface area contributed by atoms with Crippen molar-refractivity contribution in [2.75, 3.05) is 26.1 Å². The number of hydrogen-bond acceptors (Lipinski definition) is 5. The van der Waals surface area contributed by atoms with Crippen LogP contribution in [0.1, 0.15) is 34.5 Å². The maximum absolute atomic E-state index is 12.3. The molecule has 4 rings (SSSR count). The lowest BCUT2D eigenvalue weighted by Gasteiger charge is -2.26. The number of carbonyl (C=O) groups is 1. The summed E-state index contributed by atoms with van der Waals surface area (Å²) in [5.41, 5.74) is 4.45. The van der Waals surface area contributed by atoms with Gasteiger partial charge in [-0.3, -0.25) is 9.80 Å². The number of nitrogens with zero attached hydrogens (tertiary/aromatic N) is 2. The first kappa shape index (κ1) is 20.5. The van der Waals surface area contributed by atoms with Gasteiger partial charge in [-0.25, -0.2) is 0 Å². The Hall–Kier alpha value is -3.74. The van der Waals surface area contributed by atoms with Gasteiger partial charge in [0.05, 0.1) is 26.5 Å². The van der Waals surface area contributed by atoms with Gasteiger partial charge in [0, 0.05) is 24.0 Å². The lowest BCUT2D eigenvalue weighted by atomic mass is 10.0. The van der Waals surface area contributed by atoms with Crippen LogP contribution in [0.4, 0.5) is 5.69 Å². The van der Waals surface area contributed by atoms with E-state index in [0.29, 0.717) is 23.7 Å². The average molecular weight is 418 g/mol. The zero-order valence-electron chi connectivity index (χ0n) is 17.7. The molecule has 160 valence electrons. The predicted molar refractivity (Wildman–Crippen MR) is 121 cm³/mol.